The van der Waals surface area contributed by atoms with E-state index in [0.29, 0.717) is 25.0 Å². The maximum Gasteiger partial charge on any atom is 0.254 e. The van der Waals surface area contributed by atoms with Crippen LogP contribution in [0.25, 0.3) is 0 Å². The lowest BCUT2D eigenvalue weighted by Crippen LogP contribution is -2.43. The Bertz CT molecular complexity index is 553. The summed E-state index contributed by atoms with van der Waals surface area (Å²) < 4.78 is 0. The lowest BCUT2D eigenvalue weighted by atomic mass is 9.97. The number of rotatable bonds is 4. The van der Waals surface area contributed by atoms with Crippen molar-refractivity contribution in [3.8, 4) is 5.88 Å². The number of aromatic amines is 1. The first-order valence-electron chi connectivity index (χ1n) is 7.41. The largest absolute Gasteiger partial charge is 0.494 e. The molecule has 1 amide bonds. The summed E-state index contributed by atoms with van der Waals surface area (Å²) in [5.41, 5.74) is -0.220. The Balaban J connectivity index is 2.03. The van der Waals surface area contributed by atoms with Crippen molar-refractivity contribution in [2.75, 3.05) is 19.6 Å². The van der Waals surface area contributed by atoms with Crippen LogP contribution in [0, 0.1) is 5.92 Å². The number of nitrogens with one attached hydrogen (secondary N) is 2. The first-order valence-corrected chi connectivity index (χ1v) is 7.41. The van der Waals surface area contributed by atoms with E-state index in [2.05, 4.69) is 24.1 Å². The molecule has 1 aliphatic heterocycles. The summed E-state index contributed by atoms with van der Waals surface area (Å²) in [6, 6.07) is 2.97. The zero-order valence-corrected chi connectivity index (χ0v) is 12.6. The van der Waals surface area contributed by atoms with Gasteiger partial charge < -0.3 is 15.3 Å². The summed E-state index contributed by atoms with van der Waals surface area (Å²) in [7, 11) is 0. The molecule has 0 spiro atoms. The summed E-state index contributed by atoms with van der Waals surface area (Å²) in [4.78, 5) is 27.8. The molecule has 1 aromatic rings. The fourth-order valence-corrected chi connectivity index (χ4v) is 2.65. The summed E-state index contributed by atoms with van der Waals surface area (Å²) in [5, 5.41) is 12.8. The highest BCUT2D eigenvalue weighted by atomic mass is 16.3. The van der Waals surface area contributed by atoms with Crippen LogP contribution in [0.4, 0.5) is 0 Å². The number of carbonyl (C=O) groups excluding carboxylic acids is 1. The predicted molar refractivity (Wildman–Crippen MR) is 80.5 cm³/mol. The van der Waals surface area contributed by atoms with Gasteiger partial charge >= 0.3 is 0 Å². The van der Waals surface area contributed by atoms with Crippen molar-refractivity contribution in [2.45, 2.75) is 32.7 Å². The number of H-pyrrole nitrogens is 1. The average molecular weight is 293 g/mol. The van der Waals surface area contributed by atoms with Gasteiger partial charge in [-0.15, -0.1) is 0 Å². The minimum atomic E-state index is -0.464. The Morgan fingerprint density at radius 1 is 1.52 bits per heavy atom. The Morgan fingerprint density at radius 2 is 2.29 bits per heavy atom. The SMILES string of the molecule is CC(C)NCC1CCCN(C(=O)c2cc(O)[nH]c(=O)c2)C1. The molecule has 2 rings (SSSR count). The minimum Gasteiger partial charge on any atom is -0.494 e. The number of hydrogen-bond acceptors (Lipinski definition) is 4. The van der Waals surface area contributed by atoms with Crippen LogP contribution in [-0.4, -0.2) is 46.6 Å². The van der Waals surface area contributed by atoms with E-state index in [0.717, 1.165) is 19.4 Å². The van der Waals surface area contributed by atoms with E-state index in [1.54, 1.807) is 4.90 Å². The van der Waals surface area contributed by atoms with Crippen LogP contribution in [0.1, 0.15) is 37.0 Å². The van der Waals surface area contributed by atoms with Crippen molar-refractivity contribution in [2.24, 2.45) is 5.92 Å². The van der Waals surface area contributed by atoms with Crippen molar-refractivity contribution in [1.82, 2.24) is 15.2 Å². The van der Waals surface area contributed by atoms with Gasteiger partial charge in [0.2, 0.25) is 0 Å². The summed E-state index contributed by atoms with van der Waals surface area (Å²) in [6.07, 6.45) is 2.06. The van der Waals surface area contributed by atoms with Gasteiger partial charge in [0.1, 0.15) is 0 Å². The molecule has 0 aliphatic carbocycles. The van der Waals surface area contributed by atoms with E-state index in [-0.39, 0.29) is 17.4 Å². The second-order valence-corrected chi connectivity index (χ2v) is 5.94. The highest BCUT2D eigenvalue weighted by molar-refractivity contribution is 5.94. The van der Waals surface area contributed by atoms with E-state index in [1.807, 2.05) is 0 Å². The van der Waals surface area contributed by atoms with Crippen molar-refractivity contribution in [3.05, 3.63) is 28.0 Å². The van der Waals surface area contributed by atoms with E-state index in [1.165, 1.54) is 12.1 Å². The lowest BCUT2D eigenvalue weighted by Gasteiger charge is -2.33. The molecule has 0 bridgehead atoms. The smallest absolute Gasteiger partial charge is 0.254 e. The van der Waals surface area contributed by atoms with Gasteiger partial charge in [0.05, 0.1) is 5.56 Å². The van der Waals surface area contributed by atoms with E-state index in [9.17, 15) is 14.7 Å². The molecule has 3 N–H and O–H groups in total. The van der Waals surface area contributed by atoms with Crippen molar-refractivity contribution in [1.29, 1.82) is 0 Å². The van der Waals surface area contributed by atoms with E-state index < -0.39 is 5.56 Å². The monoisotopic (exact) mass is 293 g/mol. The fraction of sp³-hybridized carbons (Fsp3) is 0.600. The average Bonchev–Trinajstić information content (AvgIpc) is 2.43. The summed E-state index contributed by atoms with van der Waals surface area (Å²) in [5.74, 6) is -0.0350. The second kappa shape index (κ2) is 6.76. The number of hydrogen-bond donors (Lipinski definition) is 3. The molecule has 0 saturated carbocycles. The topological polar surface area (TPSA) is 85.4 Å². The molecule has 0 radical (unpaired) electrons. The van der Waals surface area contributed by atoms with Crippen LogP contribution in [0.3, 0.4) is 0 Å². The predicted octanol–water partition coefficient (Wildman–Crippen LogP) is 0.931. The summed E-state index contributed by atoms with van der Waals surface area (Å²) >= 11 is 0. The molecule has 1 aliphatic rings. The Hall–Kier alpha value is -1.82. The van der Waals surface area contributed by atoms with Gasteiger partial charge in [0, 0.05) is 31.3 Å². The zero-order valence-electron chi connectivity index (χ0n) is 12.6. The maximum atomic E-state index is 12.4. The standard InChI is InChI=1S/C15H23N3O3/c1-10(2)16-8-11-4-3-5-18(9-11)15(21)12-6-13(19)17-14(20)7-12/h6-7,10-11,16H,3-5,8-9H2,1-2H3,(H2,17,19,20). The first-order chi connectivity index (χ1) is 9.95. The minimum absolute atomic E-state index is 0.189. The second-order valence-electron chi connectivity index (χ2n) is 5.94. The molecule has 1 aromatic heterocycles. The third-order valence-electron chi connectivity index (χ3n) is 3.70. The number of piperidine rings is 1. The highest BCUT2D eigenvalue weighted by Gasteiger charge is 2.25. The highest BCUT2D eigenvalue weighted by Crippen LogP contribution is 2.18. The first kappa shape index (κ1) is 15.6. The number of nitrogens with zero attached hydrogens (tertiary/aromatic N) is 1. The molecule has 1 fully saturated rings. The maximum absolute atomic E-state index is 12.4. The summed E-state index contributed by atoms with van der Waals surface area (Å²) in [6.45, 7) is 6.48. The number of likely N-dealkylation sites (tertiary alicyclic amines) is 1. The number of carbonyl (C=O) groups is 1. The molecule has 21 heavy (non-hydrogen) atoms. The number of pyridine rings is 1. The van der Waals surface area contributed by atoms with Crippen molar-refractivity contribution in [3.63, 3.8) is 0 Å². The molecule has 6 nitrogen and oxygen atoms in total. The number of amides is 1. The third-order valence-corrected chi connectivity index (χ3v) is 3.70. The Morgan fingerprint density at radius 3 is 2.95 bits per heavy atom. The van der Waals surface area contributed by atoms with Crippen LogP contribution in [0.15, 0.2) is 16.9 Å². The van der Waals surface area contributed by atoms with Crippen LogP contribution in [0.5, 0.6) is 5.88 Å². The number of aromatic nitrogens is 1. The molecule has 116 valence electrons. The lowest BCUT2D eigenvalue weighted by molar-refractivity contribution is 0.0671. The van der Waals surface area contributed by atoms with Gasteiger partial charge in [-0.05, 0) is 25.3 Å². The molecule has 1 atom stereocenters. The van der Waals surface area contributed by atoms with Gasteiger partial charge in [-0.1, -0.05) is 13.8 Å². The van der Waals surface area contributed by atoms with Crippen molar-refractivity contribution < 1.29 is 9.90 Å². The van der Waals surface area contributed by atoms with Crippen LogP contribution >= 0.6 is 0 Å². The zero-order chi connectivity index (χ0) is 15.4. The van der Waals surface area contributed by atoms with E-state index >= 15 is 0 Å². The van der Waals surface area contributed by atoms with Crippen LogP contribution < -0.4 is 10.9 Å². The van der Waals surface area contributed by atoms with E-state index in [4.69, 9.17) is 0 Å². The van der Waals surface area contributed by atoms with Crippen LogP contribution in [0.2, 0.25) is 0 Å². The van der Waals surface area contributed by atoms with Gasteiger partial charge in [-0.3, -0.25) is 14.6 Å². The third kappa shape index (κ3) is 4.32. The quantitative estimate of drug-likeness (QED) is 0.771. The molecule has 2 heterocycles. The molecular formula is C15H23N3O3. The Kier molecular flexibility index (Phi) is 5.01. The van der Waals surface area contributed by atoms with Gasteiger partial charge in [-0.2, -0.15) is 0 Å². The molecule has 1 unspecified atom stereocenters. The normalized spacial score (nSPS) is 19.0. The molecule has 0 aromatic carbocycles. The fourth-order valence-electron chi connectivity index (χ4n) is 2.65. The van der Waals surface area contributed by atoms with Crippen LogP contribution in [-0.2, 0) is 0 Å². The number of aromatic hydroxyl groups is 1. The molecular weight excluding hydrogens is 270 g/mol. The molecule has 1 saturated heterocycles. The van der Waals surface area contributed by atoms with Gasteiger partial charge in [0.25, 0.3) is 11.5 Å². The Labute approximate surface area is 124 Å². The van der Waals surface area contributed by atoms with Gasteiger partial charge in [0.15, 0.2) is 5.88 Å². The van der Waals surface area contributed by atoms with Gasteiger partial charge in [-0.25, -0.2) is 0 Å². The molecule has 6 heteroatoms. The van der Waals surface area contributed by atoms with Crippen molar-refractivity contribution >= 4 is 5.91 Å².